The predicted molar refractivity (Wildman–Crippen MR) is 68.9 cm³/mol. The number of likely N-dealkylation sites (tertiary alicyclic amines) is 1. The molecule has 0 bridgehead atoms. The molecule has 0 radical (unpaired) electrons. The molecule has 17 heavy (non-hydrogen) atoms. The highest BCUT2D eigenvalue weighted by molar-refractivity contribution is 5.20. The van der Waals surface area contributed by atoms with E-state index in [0.29, 0.717) is 12.5 Å². The van der Waals surface area contributed by atoms with Crippen molar-refractivity contribution in [1.29, 1.82) is 0 Å². The maximum absolute atomic E-state index is 8.19. The summed E-state index contributed by atoms with van der Waals surface area (Å²) in [7, 11) is 0. The first-order valence-electron chi connectivity index (χ1n) is 6.18. The Hall–Kier alpha value is -1.51. The zero-order valence-corrected chi connectivity index (χ0v) is 10.00. The fraction of sp³-hybridized carbons (Fsp3) is 0.538. The molecule has 1 aromatic carbocycles. The summed E-state index contributed by atoms with van der Waals surface area (Å²) < 4.78 is 0. The van der Waals surface area contributed by atoms with Gasteiger partial charge in [0.1, 0.15) is 0 Å². The largest absolute Gasteiger partial charge is 0.303 e. The lowest BCUT2D eigenvalue weighted by molar-refractivity contribution is 0.331. The molecule has 4 heteroatoms. The highest BCUT2D eigenvalue weighted by Crippen LogP contribution is 2.26. The molecule has 1 atom stereocenters. The molecule has 1 aliphatic rings. The van der Waals surface area contributed by atoms with Gasteiger partial charge in [-0.3, -0.25) is 0 Å². The van der Waals surface area contributed by atoms with Gasteiger partial charge < -0.3 is 4.90 Å². The summed E-state index contributed by atoms with van der Waals surface area (Å²) in [5, 5.41) is 3.56. The summed E-state index contributed by atoms with van der Waals surface area (Å²) in [6.45, 7) is 3.96. The first-order chi connectivity index (χ1) is 8.40. The van der Waals surface area contributed by atoms with Crippen LogP contribution in [0, 0.1) is 0 Å². The van der Waals surface area contributed by atoms with Crippen LogP contribution in [0.25, 0.3) is 10.4 Å². The molecule has 0 N–H and O–H groups in total. The molecule has 90 valence electrons. The molecular formula is C13H18N4. The maximum atomic E-state index is 8.19. The van der Waals surface area contributed by atoms with Crippen LogP contribution in [0.4, 0.5) is 0 Å². The summed E-state index contributed by atoms with van der Waals surface area (Å²) in [6, 6.07) is 10.7. The Bertz CT molecular complexity index is 384. The molecule has 0 aliphatic carbocycles. The van der Waals surface area contributed by atoms with E-state index in [1.54, 1.807) is 0 Å². The van der Waals surface area contributed by atoms with Crippen molar-refractivity contribution >= 4 is 0 Å². The smallest absolute Gasteiger partial charge is 0.0270 e. The van der Waals surface area contributed by atoms with E-state index in [4.69, 9.17) is 5.53 Å². The number of nitrogens with zero attached hydrogens (tertiary/aromatic N) is 4. The Labute approximate surface area is 102 Å². The minimum atomic E-state index is 0.614. The molecular weight excluding hydrogens is 212 g/mol. The first kappa shape index (κ1) is 12.0. The topological polar surface area (TPSA) is 52.0 Å². The second-order valence-electron chi connectivity index (χ2n) is 4.50. The lowest BCUT2D eigenvalue weighted by Gasteiger charge is -2.15. The molecule has 1 aliphatic heterocycles. The van der Waals surface area contributed by atoms with E-state index in [2.05, 4.69) is 45.3 Å². The van der Waals surface area contributed by atoms with Gasteiger partial charge in [0.2, 0.25) is 0 Å². The van der Waals surface area contributed by atoms with Gasteiger partial charge in [-0.1, -0.05) is 35.4 Å². The van der Waals surface area contributed by atoms with Crippen molar-refractivity contribution in [2.24, 2.45) is 5.11 Å². The van der Waals surface area contributed by atoms with E-state index in [9.17, 15) is 0 Å². The molecule has 1 fully saturated rings. The van der Waals surface area contributed by atoms with E-state index in [0.717, 1.165) is 26.1 Å². The monoisotopic (exact) mass is 230 g/mol. The fourth-order valence-electron chi connectivity index (χ4n) is 2.44. The van der Waals surface area contributed by atoms with Gasteiger partial charge >= 0.3 is 0 Å². The summed E-state index contributed by atoms with van der Waals surface area (Å²) >= 11 is 0. The van der Waals surface area contributed by atoms with Crippen molar-refractivity contribution in [3.05, 3.63) is 46.3 Å². The van der Waals surface area contributed by atoms with Crippen LogP contribution < -0.4 is 0 Å². The molecule has 0 spiro atoms. The van der Waals surface area contributed by atoms with Crippen LogP contribution in [-0.4, -0.2) is 31.1 Å². The number of azide groups is 1. The lowest BCUT2D eigenvalue weighted by atomic mass is 9.99. The molecule has 2 rings (SSSR count). The zero-order chi connectivity index (χ0) is 11.9. The number of benzene rings is 1. The summed E-state index contributed by atoms with van der Waals surface area (Å²) in [6.07, 6.45) is 2.21. The van der Waals surface area contributed by atoms with Crippen molar-refractivity contribution < 1.29 is 0 Å². The van der Waals surface area contributed by atoms with Crippen molar-refractivity contribution in [3.8, 4) is 0 Å². The van der Waals surface area contributed by atoms with Gasteiger partial charge in [0, 0.05) is 18.0 Å². The van der Waals surface area contributed by atoms with E-state index >= 15 is 0 Å². The van der Waals surface area contributed by atoms with Gasteiger partial charge in [0.05, 0.1) is 0 Å². The molecule has 0 aromatic heterocycles. The normalized spacial score (nSPS) is 20.1. The van der Waals surface area contributed by atoms with Crippen molar-refractivity contribution in [2.75, 3.05) is 26.2 Å². The van der Waals surface area contributed by atoms with Crippen LogP contribution >= 0.6 is 0 Å². The standard InChI is InChI=1S/C13H18N4/c14-16-15-8-4-9-17-10-7-13(11-17)12-5-2-1-3-6-12/h1-3,5-6,13H,4,7-11H2. The molecule has 0 amide bonds. The van der Waals surface area contributed by atoms with E-state index in [1.807, 2.05) is 0 Å². The Morgan fingerprint density at radius 1 is 1.35 bits per heavy atom. The molecule has 1 aromatic rings. The third-order valence-corrected chi connectivity index (χ3v) is 3.34. The molecule has 1 heterocycles. The summed E-state index contributed by atoms with van der Waals surface area (Å²) in [4.78, 5) is 5.23. The maximum Gasteiger partial charge on any atom is 0.0270 e. The quantitative estimate of drug-likeness (QED) is 0.332. The van der Waals surface area contributed by atoms with Gasteiger partial charge in [0.25, 0.3) is 0 Å². The van der Waals surface area contributed by atoms with Crippen molar-refractivity contribution in [1.82, 2.24) is 4.90 Å². The van der Waals surface area contributed by atoms with Crippen molar-refractivity contribution in [2.45, 2.75) is 18.8 Å². The number of hydrogen-bond donors (Lipinski definition) is 0. The fourth-order valence-corrected chi connectivity index (χ4v) is 2.44. The van der Waals surface area contributed by atoms with Crippen molar-refractivity contribution in [3.63, 3.8) is 0 Å². The molecule has 4 nitrogen and oxygen atoms in total. The first-order valence-corrected chi connectivity index (χ1v) is 6.18. The predicted octanol–water partition coefficient (Wildman–Crippen LogP) is 3.18. The van der Waals surface area contributed by atoms with Crippen LogP contribution in [0.3, 0.4) is 0 Å². The Morgan fingerprint density at radius 3 is 2.94 bits per heavy atom. The van der Waals surface area contributed by atoms with Gasteiger partial charge in [-0.05, 0) is 42.9 Å². The lowest BCUT2D eigenvalue weighted by Crippen LogP contribution is -2.22. The number of hydrogen-bond acceptors (Lipinski definition) is 2. The highest BCUT2D eigenvalue weighted by Gasteiger charge is 2.22. The Balaban J connectivity index is 1.78. The van der Waals surface area contributed by atoms with Crippen LogP contribution in [0.1, 0.15) is 24.3 Å². The van der Waals surface area contributed by atoms with Gasteiger partial charge in [-0.2, -0.15) is 0 Å². The average Bonchev–Trinajstić information content (AvgIpc) is 2.85. The third kappa shape index (κ3) is 3.48. The Morgan fingerprint density at radius 2 is 2.18 bits per heavy atom. The van der Waals surface area contributed by atoms with Gasteiger partial charge in [-0.15, -0.1) is 0 Å². The summed E-state index contributed by atoms with van der Waals surface area (Å²) in [5.41, 5.74) is 9.64. The molecule has 1 saturated heterocycles. The van der Waals surface area contributed by atoms with Crippen LogP contribution in [0.5, 0.6) is 0 Å². The number of rotatable bonds is 5. The zero-order valence-electron chi connectivity index (χ0n) is 10.00. The Kier molecular flexibility index (Phi) is 4.42. The minimum Gasteiger partial charge on any atom is -0.303 e. The summed E-state index contributed by atoms with van der Waals surface area (Å²) in [5.74, 6) is 0.677. The van der Waals surface area contributed by atoms with E-state index in [-0.39, 0.29) is 0 Å². The van der Waals surface area contributed by atoms with Gasteiger partial charge in [0.15, 0.2) is 0 Å². The second kappa shape index (κ2) is 6.28. The highest BCUT2D eigenvalue weighted by atomic mass is 15.2. The van der Waals surface area contributed by atoms with Crippen LogP contribution in [0.2, 0.25) is 0 Å². The van der Waals surface area contributed by atoms with Crippen LogP contribution in [-0.2, 0) is 0 Å². The SMILES string of the molecule is [N-]=[N+]=NCCCN1CCC(c2ccccc2)C1. The van der Waals surface area contributed by atoms with E-state index in [1.165, 1.54) is 12.0 Å². The van der Waals surface area contributed by atoms with E-state index < -0.39 is 0 Å². The van der Waals surface area contributed by atoms with Gasteiger partial charge in [-0.25, -0.2) is 0 Å². The third-order valence-electron chi connectivity index (χ3n) is 3.34. The van der Waals surface area contributed by atoms with Crippen LogP contribution in [0.15, 0.2) is 35.4 Å². The average molecular weight is 230 g/mol. The molecule has 1 unspecified atom stereocenters. The minimum absolute atomic E-state index is 0.614. The molecule has 0 saturated carbocycles. The second-order valence-corrected chi connectivity index (χ2v) is 4.50.